The lowest BCUT2D eigenvalue weighted by molar-refractivity contribution is -0.138. The number of allylic oxidation sites excluding steroid dienone is 2. The van der Waals surface area contributed by atoms with Crippen molar-refractivity contribution in [1.82, 2.24) is 4.90 Å². The second-order valence-corrected chi connectivity index (χ2v) is 6.86. The number of hydrogen-bond acceptors (Lipinski definition) is 3. The maximum absolute atomic E-state index is 12.4. The molecule has 0 N–H and O–H groups in total. The fraction of sp³-hybridized carbons (Fsp3) is 0.786. The maximum atomic E-state index is 12.4. The number of carbonyl (C=O) groups excluding carboxylic acids is 1. The third-order valence-corrected chi connectivity index (χ3v) is 5.69. The summed E-state index contributed by atoms with van der Waals surface area (Å²) in [6.45, 7) is 2.64. The average Bonchev–Trinajstić information content (AvgIpc) is 2.88. The monoisotopic (exact) mass is 267 g/mol. The normalized spacial score (nSPS) is 30.9. The molecule has 2 fully saturated rings. The molecule has 2 heterocycles. The predicted molar refractivity (Wildman–Crippen MR) is 73.4 cm³/mol. The Morgan fingerprint density at radius 1 is 1.33 bits per heavy atom. The number of rotatable bonds is 1. The summed E-state index contributed by atoms with van der Waals surface area (Å²) in [7, 11) is 0. The van der Waals surface area contributed by atoms with Crippen molar-refractivity contribution in [3.8, 4) is 0 Å². The zero-order valence-electron chi connectivity index (χ0n) is 10.8. The fourth-order valence-corrected chi connectivity index (χ4v) is 4.31. The molecule has 3 aliphatic rings. The minimum atomic E-state index is 0.0449. The molecule has 1 atom stereocenters. The van der Waals surface area contributed by atoms with Gasteiger partial charge in [0.15, 0.2) is 0 Å². The van der Waals surface area contributed by atoms with Gasteiger partial charge in [-0.15, -0.1) is 11.8 Å². The Kier molecular flexibility index (Phi) is 3.66. The lowest BCUT2D eigenvalue weighted by Crippen LogP contribution is -2.47. The van der Waals surface area contributed by atoms with Crippen molar-refractivity contribution in [2.24, 2.45) is 5.92 Å². The van der Waals surface area contributed by atoms with Crippen LogP contribution in [0.15, 0.2) is 12.2 Å². The largest absolute Gasteiger partial charge is 0.363 e. The SMILES string of the molecule is O=C(C1CC=CCC1)N1CCC2(CC1)OCCS2. The summed E-state index contributed by atoms with van der Waals surface area (Å²) in [5.74, 6) is 1.72. The maximum Gasteiger partial charge on any atom is 0.226 e. The molecule has 0 bridgehead atoms. The van der Waals surface area contributed by atoms with E-state index >= 15 is 0 Å². The van der Waals surface area contributed by atoms with Crippen LogP contribution in [0.25, 0.3) is 0 Å². The molecule has 0 radical (unpaired) electrons. The molecular weight excluding hydrogens is 246 g/mol. The molecule has 1 amide bonds. The lowest BCUT2D eigenvalue weighted by Gasteiger charge is -2.39. The van der Waals surface area contributed by atoms with Crippen molar-refractivity contribution in [3.05, 3.63) is 12.2 Å². The number of nitrogens with zero attached hydrogens (tertiary/aromatic N) is 1. The number of carbonyl (C=O) groups is 1. The highest BCUT2D eigenvalue weighted by molar-refractivity contribution is 8.00. The summed E-state index contributed by atoms with van der Waals surface area (Å²) >= 11 is 1.94. The summed E-state index contributed by atoms with van der Waals surface area (Å²) in [5, 5.41) is 0. The van der Waals surface area contributed by atoms with Gasteiger partial charge in [-0.1, -0.05) is 12.2 Å². The van der Waals surface area contributed by atoms with Gasteiger partial charge in [0.25, 0.3) is 0 Å². The number of hydrogen-bond donors (Lipinski definition) is 0. The van der Waals surface area contributed by atoms with Crippen molar-refractivity contribution in [1.29, 1.82) is 0 Å². The molecule has 0 aromatic rings. The van der Waals surface area contributed by atoms with Crippen molar-refractivity contribution < 1.29 is 9.53 Å². The first kappa shape index (κ1) is 12.5. The van der Waals surface area contributed by atoms with Crippen LogP contribution in [0.4, 0.5) is 0 Å². The molecule has 2 aliphatic heterocycles. The third-order valence-electron chi connectivity index (χ3n) is 4.27. The standard InChI is InChI=1S/C14H21NO2S/c16-13(12-4-2-1-3-5-12)15-8-6-14(7-9-15)17-10-11-18-14/h1-2,12H,3-11H2. The number of amides is 1. The Balaban J connectivity index is 1.55. The van der Waals surface area contributed by atoms with Crippen LogP contribution >= 0.6 is 11.8 Å². The smallest absolute Gasteiger partial charge is 0.226 e. The molecule has 0 saturated carbocycles. The Bertz CT molecular complexity index is 340. The van der Waals surface area contributed by atoms with Gasteiger partial charge in [0.1, 0.15) is 4.93 Å². The molecule has 3 rings (SSSR count). The molecule has 1 aliphatic carbocycles. The van der Waals surface area contributed by atoms with Crippen LogP contribution in [0.1, 0.15) is 32.1 Å². The molecular formula is C14H21NO2S. The van der Waals surface area contributed by atoms with Crippen molar-refractivity contribution in [2.45, 2.75) is 37.0 Å². The van der Waals surface area contributed by atoms with Crippen LogP contribution in [0.3, 0.4) is 0 Å². The van der Waals surface area contributed by atoms with Crippen LogP contribution in [-0.2, 0) is 9.53 Å². The Morgan fingerprint density at radius 3 is 2.78 bits per heavy atom. The first-order valence-corrected chi connectivity index (χ1v) is 7.99. The molecule has 3 nitrogen and oxygen atoms in total. The van der Waals surface area contributed by atoms with Crippen LogP contribution in [0.2, 0.25) is 0 Å². The summed E-state index contributed by atoms with van der Waals surface area (Å²) in [6.07, 6.45) is 9.39. The van der Waals surface area contributed by atoms with E-state index in [2.05, 4.69) is 17.1 Å². The van der Waals surface area contributed by atoms with E-state index in [0.29, 0.717) is 5.91 Å². The molecule has 2 saturated heterocycles. The number of thioether (sulfide) groups is 1. The van der Waals surface area contributed by atoms with Crippen molar-refractivity contribution >= 4 is 17.7 Å². The van der Waals surface area contributed by atoms with E-state index in [1.807, 2.05) is 11.8 Å². The highest BCUT2D eigenvalue weighted by atomic mass is 32.2. The second-order valence-electron chi connectivity index (χ2n) is 5.41. The lowest BCUT2D eigenvalue weighted by atomic mass is 9.92. The van der Waals surface area contributed by atoms with Gasteiger partial charge >= 0.3 is 0 Å². The summed E-state index contributed by atoms with van der Waals surface area (Å²) in [4.78, 5) is 14.5. The molecule has 1 spiro atoms. The van der Waals surface area contributed by atoms with Crippen molar-refractivity contribution in [3.63, 3.8) is 0 Å². The molecule has 100 valence electrons. The van der Waals surface area contributed by atoms with Crippen LogP contribution in [-0.4, -0.2) is 41.2 Å². The van der Waals surface area contributed by atoms with Gasteiger partial charge in [0.2, 0.25) is 5.91 Å². The van der Waals surface area contributed by atoms with E-state index < -0.39 is 0 Å². The van der Waals surface area contributed by atoms with Gasteiger partial charge in [-0.25, -0.2) is 0 Å². The van der Waals surface area contributed by atoms with E-state index in [1.54, 1.807) is 0 Å². The average molecular weight is 267 g/mol. The van der Waals surface area contributed by atoms with Crippen LogP contribution in [0.5, 0.6) is 0 Å². The van der Waals surface area contributed by atoms with E-state index in [0.717, 1.165) is 57.6 Å². The predicted octanol–water partition coefficient (Wildman–Crippen LogP) is 2.42. The Labute approximate surface area is 113 Å². The third kappa shape index (κ3) is 2.45. The van der Waals surface area contributed by atoms with E-state index in [9.17, 15) is 4.79 Å². The van der Waals surface area contributed by atoms with Gasteiger partial charge in [-0.2, -0.15) is 0 Å². The van der Waals surface area contributed by atoms with Crippen molar-refractivity contribution in [2.75, 3.05) is 25.4 Å². The molecule has 0 aromatic carbocycles. The zero-order valence-corrected chi connectivity index (χ0v) is 11.6. The number of ether oxygens (including phenoxy) is 1. The molecule has 0 aromatic heterocycles. The Morgan fingerprint density at radius 2 is 2.17 bits per heavy atom. The van der Waals surface area contributed by atoms with E-state index in [4.69, 9.17) is 4.74 Å². The Hall–Kier alpha value is -0.480. The quantitative estimate of drug-likeness (QED) is 0.683. The first-order valence-electron chi connectivity index (χ1n) is 7.01. The van der Waals surface area contributed by atoms with Gasteiger partial charge in [0, 0.05) is 37.6 Å². The zero-order chi connectivity index (χ0) is 12.4. The summed E-state index contributed by atoms with van der Waals surface area (Å²) in [6, 6.07) is 0. The van der Waals surface area contributed by atoms with Gasteiger partial charge in [-0.05, 0) is 19.3 Å². The van der Waals surface area contributed by atoms with E-state index in [1.165, 1.54) is 0 Å². The van der Waals surface area contributed by atoms with Gasteiger partial charge in [-0.3, -0.25) is 4.79 Å². The molecule has 4 heteroatoms. The minimum Gasteiger partial charge on any atom is -0.363 e. The van der Waals surface area contributed by atoms with Crippen LogP contribution < -0.4 is 0 Å². The molecule has 1 unspecified atom stereocenters. The van der Waals surface area contributed by atoms with E-state index in [-0.39, 0.29) is 10.9 Å². The highest BCUT2D eigenvalue weighted by Crippen LogP contribution is 2.41. The second kappa shape index (κ2) is 5.25. The van der Waals surface area contributed by atoms with Gasteiger partial charge in [0.05, 0.1) is 6.61 Å². The minimum absolute atomic E-state index is 0.0449. The summed E-state index contributed by atoms with van der Waals surface area (Å²) in [5.41, 5.74) is 0. The highest BCUT2D eigenvalue weighted by Gasteiger charge is 2.40. The van der Waals surface area contributed by atoms with Gasteiger partial charge < -0.3 is 9.64 Å². The first-order chi connectivity index (χ1) is 8.79. The number of likely N-dealkylation sites (tertiary alicyclic amines) is 1. The molecule has 18 heavy (non-hydrogen) atoms. The topological polar surface area (TPSA) is 29.5 Å². The number of piperidine rings is 1. The fourth-order valence-electron chi connectivity index (χ4n) is 3.13. The van der Waals surface area contributed by atoms with Crippen LogP contribution in [0, 0.1) is 5.92 Å². The summed E-state index contributed by atoms with van der Waals surface area (Å²) < 4.78 is 5.87.